The fourth-order valence-corrected chi connectivity index (χ4v) is 4.93. The van der Waals surface area contributed by atoms with Crippen molar-refractivity contribution in [2.75, 3.05) is 0 Å². The number of allylic oxidation sites excluding steroid dienone is 1. The van der Waals surface area contributed by atoms with Crippen molar-refractivity contribution in [3.63, 3.8) is 0 Å². The fraction of sp³-hybridized carbons (Fsp3) is 0.778. The Bertz CT molecular complexity index is 493. The summed E-state index contributed by atoms with van der Waals surface area (Å²) in [5, 5.41) is 0. The van der Waals surface area contributed by atoms with Gasteiger partial charge in [-0.3, -0.25) is 9.59 Å². The van der Waals surface area contributed by atoms with Crippen LogP contribution in [0.15, 0.2) is 11.6 Å². The predicted molar refractivity (Wildman–Crippen MR) is 80.6 cm³/mol. The highest BCUT2D eigenvalue weighted by Gasteiger charge is 2.51. The largest absolute Gasteiger partial charge is 0.462 e. The molecule has 0 unspecified atom stereocenters. The number of carbonyl (C=O) groups is 2. The van der Waals surface area contributed by atoms with Gasteiger partial charge in [-0.1, -0.05) is 25.5 Å². The van der Waals surface area contributed by atoms with Gasteiger partial charge >= 0.3 is 5.97 Å². The molecule has 0 radical (unpaired) electrons. The van der Waals surface area contributed by atoms with Gasteiger partial charge in [0.2, 0.25) is 0 Å². The summed E-state index contributed by atoms with van der Waals surface area (Å²) in [6, 6.07) is 0. The quantitative estimate of drug-likeness (QED) is 0.546. The van der Waals surface area contributed by atoms with Gasteiger partial charge in [0.05, 0.1) is 0 Å². The number of Topliss-reactive ketones (excluding diaryl/α,β-unsaturated/α-hetero) is 1. The van der Waals surface area contributed by atoms with E-state index in [4.69, 9.17) is 4.74 Å². The fourth-order valence-electron chi connectivity index (χ4n) is 4.93. The lowest BCUT2D eigenvalue weighted by Crippen LogP contribution is -2.48. The first-order valence-electron chi connectivity index (χ1n) is 8.32. The van der Waals surface area contributed by atoms with Crippen molar-refractivity contribution in [3.8, 4) is 0 Å². The normalized spacial score (nSPS) is 42.6. The molecule has 0 aromatic rings. The standard InChI is InChI=1S/C18H26O3/c1-11-4-7-16-15(17(11)20)6-5-13-10-14(21-12(2)19)8-9-18(13,16)3/h5,11,14-16H,4,6-10H2,1-3H3/t11-,14+,15+,16+,18+/m1/s1. The van der Waals surface area contributed by atoms with E-state index in [-0.39, 0.29) is 29.3 Å². The number of ketones is 1. The molecule has 0 aromatic heterocycles. The van der Waals surface area contributed by atoms with E-state index >= 15 is 0 Å². The molecule has 0 aliphatic heterocycles. The molecule has 0 saturated heterocycles. The Morgan fingerprint density at radius 1 is 1.33 bits per heavy atom. The number of fused-ring (bicyclic) bond motifs is 3. The Balaban J connectivity index is 1.82. The van der Waals surface area contributed by atoms with Crippen LogP contribution in [0.5, 0.6) is 0 Å². The van der Waals surface area contributed by atoms with Gasteiger partial charge in [-0.05, 0) is 43.4 Å². The van der Waals surface area contributed by atoms with Crippen LogP contribution in [0.2, 0.25) is 0 Å². The van der Waals surface area contributed by atoms with Gasteiger partial charge < -0.3 is 4.74 Å². The van der Waals surface area contributed by atoms with Crippen molar-refractivity contribution in [2.24, 2.45) is 23.2 Å². The van der Waals surface area contributed by atoms with Crippen molar-refractivity contribution in [3.05, 3.63) is 11.6 Å². The van der Waals surface area contributed by atoms with Crippen LogP contribution >= 0.6 is 0 Å². The van der Waals surface area contributed by atoms with E-state index in [9.17, 15) is 9.59 Å². The molecule has 116 valence electrons. The zero-order valence-corrected chi connectivity index (χ0v) is 13.4. The van der Waals surface area contributed by atoms with Crippen LogP contribution in [0.1, 0.15) is 59.3 Å². The van der Waals surface area contributed by atoms with Gasteiger partial charge in [0, 0.05) is 25.2 Å². The molecule has 0 spiro atoms. The van der Waals surface area contributed by atoms with E-state index in [0.29, 0.717) is 11.7 Å². The zero-order chi connectivity index (χ0) is 15.2. The zero-order valence-electron chi connectivity index (χ0n) is 13.4. The molecular formula is C18H26O3. The molecule has 0 N–H and O–H groups in total. The van der Waals surface area contributed by atoms with Crippen molar-refractivity contribution in [1.29, 1.82) is 0 Å². The number of hydrogen-bond donors (Lipinski definition) is 0. The third-order valence-corrected chi connectivity index (χ3v) is 6.18. The van der Waals surface area contributed by atoms with Crippen molar-refractivity contribution in [2.45, 2.75) is 65.4 Å². The first kappa shape index (κ1) is 14.8. The van der Waals surface area contributed by atoms with Crippen molar-refractivity contribution >= 4 is 11.8 Å². The first-order chi connectivity index (χ1) is 9.91. The van der Waals surface area contributed by atoms with E-state index in [0.717, 1.165) is 32.1 Å². The number of rotatable bonds is 1. The minimum Gasteiger partial charge on any atom is -0.462 e. The van der Waals surface area contributed by atoms with Crippen LogP contribution in [-0.2, 0) is 14.3 Å². The van der Waals surface area contributed by atoms with Crippen LogP contribution in [0.3, 0.4) is 0 Å². The van der Waals surface area contributed by atoms with Crippen LogP contribution in [0.25, 0.3) is 0 Å². The highest BCUT2D eigenvalue weighted by molar-refractivity contribution is 5.84. The molecule has 0 heterocycles. The minimum atomic E-state index is -0.181. The van der Waals surface area contributed by atoms with E-state index < -0.39 is 0 Å². The molecule has 5 atom stereocenters. The average Bonchev–Trinajstić information content (AvgIpc) is 2.42. The SMILES string of the molecule is CC(=O)O[C@H]1CC[C@@]2(C)C(=CC[C@@H]3C(=O)[C@H](C)CC[C@@H]32)C1. The number of carbonyl (C=O) groups excluding carboxylic acids is 2. The molecule has 2 fully saturated rings. The Morgan fingerprint density at radius 3 is 2.81 bits per heavy atom. The second-order valence-corrected chi connectivity index (χ2v) is 7.45. The molecule has 3 aliphatic carbocycles. The second-order valence-electron chi connectivity index (χ2n) is 7.45. The molecule has 0 amide bonds. The van der Waals surface area contributed by atoms with Gasteiger partial charge in [0.25, 0.3) is 0 Å². The van der Waals surface area contributed by atoms with Gasteiger partial charge in [-0.25, -0.2) is 0 Å². The summed E-state index contributed by atoms with van der Waals surface area (Å²) < 4.78 is 5.41. The predicted octanol–water partition coefficient (Wildman–Crippen LogP) is 3.67. The maximum atomic E-state index is 12.5. The van der Waals surface area contributed by atoms with E-state index in [2.05, 4.69) is 19.9 Å². The van der Waals surface area contributed by atoms with Crippen LogP contribution < -0.4 is 0 Å². The number of hydrogen-bond acceptors (Lipinski definition) is 3. The Labute approximate surface area is 127 Å². The average molecular weight is 290 g/mol. The lowest BCUT2D eigenvalue weighted by molar-refractivity contribution is -0.148. The number of ether oxygens (including phenoxy) is 1. The van der Waals surface area contributed by atoms with E-state index in [1.54, 1.807) is 0 Å². The Morgan fingerprint density at radius 2 is 2.10 bits per heavy atom. The van der Waals surface area contributed by atoms with Gasteiger partial charge in [-0.2, -0.15) is 0 Å². The molecule has 2 saturated carbocycles. The third kappa shape index (κ3) is 2.45. The summed E-state index contributed by atoms with van der Waals surface area (Å²) in [6.07, 6.45) is 8.26. The molecule has 0 aromatic carbocycles. The van der Waals surface area contributed by atoms with Crippen LogP contribution in [0, 0.1) is 23.2 Å². The smallest absolute Gasteiger partial charge is 0.302 e. The summed E-state index contributed by atoms with van der Waals surface area (Å²) >= 11 is 0. The molecule has 3 rings (SSSR count). The first-order valence-corrected chi connectivity index (χ1v) is 8.32. The molecule has 3 aliphatic rings. The van der Waals surface area contributed by atoms with Gasteiger partial charge in [-0.15, -0.1) is 0 Å². The summed E-state index contributed by atoms with van der Waals surface area (Å²) in [4.78, 5) is 23.7. The van der Waals surface area contributed by atoms with Crippen molar-refractivity contribution in [1.82, 2.24) is 0 Å². The third-order valence-electron chi connectivity index (χ3n) is 6.18. The maximum absolute atomic E-state index is 12.5. The summed E-state index contributed by atoms with van der Waals surface area (Å²) in [5.41, 5.74) is 1.58. The van der Waals surface area contributed by atoms with Crippen molar-refractivity contribution < 1.29 is 14.3 Å². The summed E-state index contributed by atoms with van der Waals surface area (Å²) in [7, 11) is 0. The minimum absolute atomic E-state index is 0.0385. The van der Waals surface area contributed by atoms with Crippen LogP contribution in [0.4, 0.5) is 0 Å². The van der Waals surface area contributed by atoms with Gasteiger partial charge in [0.15, 0.2) is 0 Å². The highest BCUT2D eigenvalue weighted by Crippen LogP contribution is 2.56. The molecular weight excluding hydrogens is 264 g/mol. The summed E-state index contributed by atoms with van der Waals surface area (Å²) in [6.45, 7) is 5.90. The maximum Gasteiger partial charge on any atom is 0.302 e. The lowest BCUT2D eigenvalue weighted by atomic mass is 9.52. The highest BCUT2D eigenvalue weighted by atomic mass is 16.5. The Hall–Kier alpha value is -1.12. The molecule has 3 heteroatoms. The van der Waals surface area contributed by atoms with Gasteiger partial charge in [0.1, 0.15) is 11.9 Å². The lowest BCUT2D eigenvalue weighted by Gasteiger charge is -2.52. The summed E-state index contributed by atoms with van der Waals surface area (Å²) in [5.74, 6) is 1.26. The topological polar surface area (TPSA) is 43.4 Å². The Kier molecular flexibility index (Phi) is 3.71. The second kappa shape index (κ2) is 5.26. The molecule has 3 nitrogen and oxygen atoms in total. The molecule has 21 heavy (non-hydrogen) atoms. The van der Waals surface area contributed by atoms with E-state index in [1.807, 2.05) is 0 Å². The number of esters is 1. The van der Waals surface area contributed by atoms with E-state index in [1.165, 1.54) is 18.9 Å². The monoisotopic (exact) mass is 290 g/mol. The molecule has 0 bridgehead atoms. The van der Waals surface area contributed by atoms with Crippen LogP contribution in [-0.4, -0.2) is 17.9 Å².